The topological polar surface area (TPSA) is 64.1 Å². The van der Waals surface area contributed by atoms with Gasteiger partial charge in [0.15, 0.2) is 6.29 Å². The third-order valence-corrected chi connectivity index (χ3v) is 4.81. The fraction of sp³-hybridized carbons (Fsp3) is 0.421. The van der Waals surface area contributed by atoms with Crippen molar-refractivity contribution in [1.29, 1.82) is 0 Å². The molecule has 0 bridgehead atoms. The van der Waals surface area contributed by atoms with Crippen molar-refractivity contribution in [3.63, 3.8) is 0 Å². The van der Waals surface area contributed by atoms with E-state index in [2.05, 4.69) is 21.9 Å². The first-order valence-electron chi connectivity index (χ1n) is 8.40. The number of hydrogen-bond donors (Lipinski definition) is 1. The standard InChI is InChI=1S/C19H22FN3O2/c1-5-13-16(22-12(4)17(13)20)9-25-19-14-6-10(2)15(8-24)23-18(14)11(3)7-21-19/h6-8,13,16-17,22H,4-5,9H2,1-3H3. The lowest BCUT2D eigenvalue weighted by atomic mass is 9.96. The lowest BCUT2D eigenvalue weighted by molar-refractivity contribution is 0.111. The van der Waals surface area contributed by atoms with Crippen molar-refractivity contribution in [3.05, 3.63) is 41.4 Å². The van der Waals surface area contributed by atoms with Crippen LogP contribution < -0.4 is 10.1 Å². The summed E-state index contributed by atoms with van der Waals surface area (Å²) in [5.74, 6) is 0.281. The number of hydrogen-bond acceptors (Lipinski definition) is 5. The van der Waals surface area contributed by atoms with Crippen LogP contribution in [0.15, 0.2) is 24.5 Å². The lowest BCUT2D eigenvalue weighted by Crippen LogP contribution is -2.33. The number of aryl methyl sites for hydroxylation is 2. The van der Waals surface area contributed by atoms with Crippen molar-refractivity contribution in [2.45, 2.75) is 39.4 Å². The van der Waals surface area contributed by atoms with Gasteiger partial charge in [0.05, 0.1) is 16.9 Å². The molecule has 0 aromatic carbocycles. The zero-order valence-corrected chi connectivity index (χ0v) is 14.7. The zero-order chi connectivity index (χ0) is 18.1. The van der Waals surface area contributed by atoms with Crippen molar-refractivity contribution in [2.24, 2.45) is 5.92 Å². The number of nitrogens with one attached hydrogen (secondary N) is 1. The van der Waals surface area contributed by atoms with Gasteiger partial charge in [-0.15, -0.1) is 0 Å². The Morgan fingerprint density at radius 2 is 2.16 bits per heavy atom. The second-order valence-corrected chi connectivity index (χ2v) is 6.51. The Labute approximate surface area is 146 Å². The minimum Gasteiger partial charge on any atom is -0.475 e. The molecule has 3 rings (SSSR count). The van der Waals surface area contributed by atoms with E-state index in [0.717, 1.165) is 22.8 Å². The Kier molecular flexibility index (Phi) is 4.70. The third kappa shape index (κ3) is 3.08. The van der Waals surface area contributed by atoms with E-state index < -0.39 is 6.17 Å². The SMILES string of the molecule is C=C1NC(COc2ncc(C)c3nc(C=O)c(C)cc23)C(CC)C1F. The second-order valence-electron chi connectivity index (χ2n) is 6.51. The summed E-state index contributed by atoms with van der Waals surface area (Å²) in [5.41, 5.74) is 3.15. The van der Waals surface area contributed by atoms with Gasteiger partial charge in [-0.25, -0.2) is 14.4 Å². The molecule has 1 aliphatic heterocycles. The molecule has 1 saturated heterocycles. The highest BCUT2D eigenvalue weighted by atomic mass is 19.1. The first-order chi connectivity index (χ1) is 12.0. The van der Waals surface area contributed by atoms with Crippen molar-refractivity contribution >= 4 is 17.2 Å². The summed E-state index contributed by atoms with van der Waals surface area (Å²) in [7, 11) is 0. The third-order valence-electron chi connectivity index (χ3n) is 4.81. The molecule has 3 atom stereocenters. The maximum Gasteiger partial charge on any atom is 0.223 e. The molecule has 5 nitrogen and oxygen atoms in total. The molecule has 2 aromatic rings. The van der Waals surface area contributed by atoms with Gasteiger partial charge >= 0.3 is 0 Å². The number of fused-ring (bicyclic) bond motifs is 1. The van der Waals surface area contributed by atoms with E-state index in [1.165, 1.54) is 0 Å². The number of rotatable bonds is 5. The molecule has 3 unspecified atom stereocenters. The van der Waals surface area contributed by atoms with Crippen LogP contribution in [-0.4, -0.2) is 35.1 Å². The number of allylic oxidation sites excluding steroid dienone is 1. The molecule has 25 heavy (non-hydrogen) atoms. The van der Waals surface area contributed by atoms with Crippen molar-refractivity contribution < 1.29 is 13.9 Å². The average Bonchev–Trinajstić information content (AvgIpc) is 2.87. The average molecular weight is 343 g/mol. The summed E-state index contributed by atoms with van der Waals surface area (Å²) in [4.78, 5) is 19.9. The summed E-state index contributed by atoms with van der Waals surface area (Å²) in [6.07, 6.45) is 2.06. The van der Waals surface area contributed by atoms with Crippen molar-refractivity contribution in [3.8, 4) is 5.88 Å². The first-order valence-corrected chi connectivity index (χ1v) is 8.40. The lowest BCUT2D eigenvalue weighted by Gasteiger charge is -2.19. The number of ether oxygens (including phenoxy) is 1. The molecule has 0 radical (unpaired) electrons. The molecular formula is C19H22FN3O2. The molecule has 0 saturated carbocycles. The minimum atomic E-state index is -1.06. The highest BCUT2D eigenvalue weighted by Crippen LogP contribution is 2.30. The van der Waals surface area contributed by atoms with E-state index in [-0.39, 0.29) is 18.6 Å². The number of aldehydes is 1. The molecular weight excluding hydrogens is 321 g/mol. The summed E-state index contributed by atoms with van der Waals surface area (Å²) < 4.78 is 20.0. The second kappa shape index (κ2) is 6.78. The van der Waals surface area contributed by atoms with Crippen LogP contribution in [0.1, 0.15) is 35.0 Å². The Hall–Kier alpha value is -2.50. The van der Waals surface area contributed by atoms with E-state index in [0.29, 0.717) is 29.2 Å². The van der Waals surface area contributed by atoms with Gasteiger partial charge in [-0.1, -0.05) is 13.5 Å². The van der Waals surface area contributed by atoms with Crippen LogP contribution in [0.25, 0.3) is 10.9 Å². The van der Waals surface area contributed by atoms with Crippen LogP contribution in [0.4, 0.5) is 4.39 Å². The number of carbonyl (C=O) groups excluding carboxylic acids is 1. The van der Waals surface area contributed by atoms with Gasteiger partial charge in [0, 0.05) is 17.8 Å². The van der Waals surface area contributed by atoms with Gasteiger partial charge in [-0.3, -0.25) is 4.79 Å². The van der Waals surface area contributed by atoms with E-state index >= 15 is 0 Å². The Balaban J connectivity index is 1.89. The van der Waals surface area contributed by atoms with Crippen LogP contribution in [0.2, 0.25) is 0 Å². The number of nitrogens with zero attached hydrogens (tertiary/aromatic N) is 2. The molecule has 3 heterocycles. The smallest absolute Gasteiger partial charge is 0.223 e. The number of carbonyl (C=O) groups is 1. The van der Waals surface area contributed by atoms with Gasteiger partial charge in [0.2, 0.25) is 5.88 Å². The molecule has 0 amide bonds. The van der Waals surface area contributed by atoms with Crippen molar-refractivity contribution in [2.75, 3.05) is 6.61 Å². The molecule has 1 aliphatic rings. The van der Waals surface area contributed by atoms with Crippen LogP contribution in [0.5, 0.6) is 5.88 Å². The summed E-state index contributed by atoms with van der Waals surface area (Å²) in [6, 6.07) is 1.71. The quantitative estimate of drug-likeness (QED) is 0.844. The predicted molar refractivity (Wildman–Crippen MR) is 94.6 cm³/mol. The van der Waals surface area contributed by atoms with Crippen LogP contribution in [0.3, 0.4) is 0 Å². The Morgan fingerprint density at radius 1 is 1.40 bits per heavy atom. The van der Waals surface area contributed by atoms with Gasteiger partial charge in [-0.2, -0.15) is 0 Å². The highest BCUT2D eigenvalue weighted by Gasteiger charge is 2.38. The van der Waals surface area contributed by atoms with Crippen LogP contribution in [-0.2, 0) is 0 Å². The predicted octanol–water partition coefficient (Wildman–Crippen LogP) is 3.29. The van der Waals surface area contributed by atoms with Gasteiger partial charge in [0.1, 0.15) is 18.5 Å². The molecule has 132 valence electrons. The van der Waals surface area contributed by atoms with Gasteiger partial charge < -0.3 is 10.1 Å². The molecule has 0 aliphatic carbocycles. The number of aromatic nitrogens is 2. The Morgan fingerprint density at radius 3 is 2.84 bits per heavy atom. The highest BCUT2D eigenvalue weighted by molar-refractivity contribution is 5.90. The van der Waals surface area contributed by atoms with Gasteiger partial charge in [0.25, 0.3) is 0 Å². The van der Waals surface area contributed by atoms with Crippen LogP contribution in [0, 0.1) is 19.8 Å². The maximum absolute atomic E-state index is 14.1. The normalized spacial score (nSPS) is 22.9. The number of halogens is 1. The summed E-state index contributed by atoms with van der Waals surface area (Å²) in [5, 5.41) is 3.83. The van der Waals surface area contributed by atoms with E-state index in [1.54, 1.807) is 6.20 Å². The van der Waals surface area contributed by atoms with E-state index in [1.807, 2.05) is 26.8 Å². The summed E-state index contributed by atoms with van der Waals surface area (Å²) >= 11 is 0. The zero-order valence-electron chi connectivity index (χ0n) is 14.7. The molecule has 1 N–H and O–H groups in total. The van der Waals surface area contributed by atoms with E-state index in [9.17, 15) is 9.18 Å². The summed E-state index contributed by atoms with van der Waals surface area (Å²) in [6.45, 7) is 9.69. The number of pyridine rings is 2. The van der Waals surface area contributed by atoms with Crippen LogP contribution >= 0.6 is 0 Å². The number of alkyl halides is 1. The molecule has 2 aromatic heterocycles. The minimum absolute atomic E-state index is 0.144. The largest absolute Gasteiger partial charge is 0.475 e. The maximum atomic E-state index is 14.1. The first kappa shape index (κ1) is 17.3. The monoisotopic (exact) mass is 343 g/mol. The molecule has 0 spiro atoms. The van der Waals surface area contributed by atoms with Crippen molar-refractivity contribution in [1.82, 2.24) is 15.3 Å². The Bertz CT molecular complexity index is 837. The fourth-order valence-electron chi connectivity index (χ4n) is 3.32. The van der Waals surface area contributed by atoms with E-state index in [4.69, 9.17) is 4.74 Å². The molecule has 6 heteroatoms. The van der Waals surface area contributed by atoms with Gasteiger partial charge in [-0.05, 0) is 37.5 Å². The molecule has 1 fully saturated rings. The fourth-order valence-corrected chi connectivity index (χ4v) is 3.32.